The van der Waals surface area contributed by atoms with Crippen molar-refractivity contribution < 1.29 is 30.2 Å². The molecule has 0 bridgehead atoms. The molecule has 4 aromatic carbocycles. The molecule has 4 heteroatoms. The van der Waals surface area contributed by atoms with Crippen LogP contribution in [0.3, 0.4) is 0 Å². The number of nitrogens with zero attached hydrogens (tertiary/aromatic N) is 1. The summed E-state index contributed by atoms with van der Waals surface area (Å²) in [7, 11) is 0. The fraction of sp³-hybridized carbons (Fsp3) is 0.0370. The number of phenolic OH excluding ortho intramolecular Hbond substituents is 2. The first-order valence-corrected chi connectivity index (χ1v) is 10.7. The first-order chi connectivity index (χ1) is 15.1. The number of rotatable bonds is 1. The van der Waals surface area contributed by atoms with E-state index in [1.807, 2.05) is 116 Å². The van der Waals surface area contributed by atoms with Crippen LogP contribution in [-0.4, -0.2) is 19.5 Å². The van der Waals surface area contributed by atoms with E-state index in [1.54, 1.807) is 12.1 Å². The van der Waals surface area contributed by atoms with Gasteiger partial charge in [0, 0.05) is 10.8 Å². The average Bonchev–Trinajstić information content (AvgIpc) is 2.81. The summed E-state index contributed by atoms with van der Waals surface area (Å²) in [5.41, 5.74) is 2.40. The van der Waals surface area contributed by atoms with Crippen LogP contribution in [0.1, 0.15) is 11.1 Å². The summed E-state index contributed by atoms with van der Waals surface area (Å²) >= 11 is 2.01. The van der Waals surface area contributed by atoms with Gasteiger partial charge in [0.1, 0.15) is 11.5 Å². The first kappa shape index (κ1) is 22.4. The Hall–Kier alpha value is -3.27. The normalized spacial score (nSPS) is 9.81. The molecule has 1 aromatic heterocycles. The van der Waals surface area contributed by atoms with Gasteiger partial charge in [-0.3, -0.25) is 0 Å². The van der Waals surface area contributed by atoms with Gasteiger partial charge >= 0.3 is 65.8 Å². The number of aromatic nitrogens is 1. The van der Waals surface area contributed by atoms with E-state index >= 15 is 0 Å². The largest absolute Gasteiger partial charge is 0.507 e. The molecule has 0 radical (unpaired) electrons. The van der Waals surface area contributed by atoms with Gasteiger partial charge < -0.3 is 10.2 Å². The summed E-state index contributed by atoms with van der Waals surface area (Å²) in [6, 6.07) is 28.7. The number of aryl methyl sites for hydroxylation is 1. The Morgan fingerprint density at radius 1 is 0.677 bits per heavy atom. The van der Waals surface area contributed by atoms with E-state index in [2.05, 4.69) is 11.1 Å². The quantitative estimate of drug-likeness (QED) is 0.306. The molecule has 0 saturated carbocycles. The molecule has 0 fully saturated rings. The van der Waals surface area contributed by atoms with Crippen LogP contribution in [0.2, 0.25) is 0 Å². The van der Waals surface area contributed by atoms with Crippen LogP contribution >= 0.6 is 0 Å². The third-order valence-corrected chi connectivity index (χ3v) is 5.12. The second kappa shape index (κ2) is 11.2. The van der Waals surface area contributed by atoms with Gasteiger partial charge in [-0.25, -0.2) is 0 Å². The Morgan fingerprint density at radius 2 is 1.16 bits per heavy atom. The van der Waals surface area contributed by atoms with Crippen molar-refractivity contribution in [2.24, 2.45) is 0 Å². The van der Waals surface area contributed by atoms with Crippen molar-refractivity contribution in [1.29, 1.82) is 0 Å². The van der Waals surface area contributed by atoms with Crippen LogP contribution in [0.4, 0.5) is 0 Å². The van der Waals surface area contributed by atoms with Crippen molar-refractivity contribution in [3.8, 4) is 11.5 Å². The molecule has 1 heterocycles. The summed E-state index contributed by atoms with van der Waals surface area (Å²) < 4.78 is 2.04. The molecule has 0 atom stereocenters. The van der Waals surface area contributed by atoms with Gasteiger partial charge in [0.05, 0.1) is 0 Å². The van der Waals surface area contributed by atoms with Crippen LogP contribution in [0.25, 0.3) is 21.5 Å². The van der Waals surface area contributed by atoms with Crippen LogP contribution in [0, 0.1) is 6.92 Å². The van der Waals surface area contributed by atoms with E-state index in [9.17, 15) is 10.2 Å². The van der Waals surface area contributed by atoms with Gasteiger partial charge in [0.25, 0.3) is 0 Å². The molecule has 0 aliphatic heterocycles. The van der Waals surface area contributed by atoms with E-state index in [1.165, 1.54) is 11.1 Å². The monoisotopic (exact) mass is 441 g/mol. The van der Waals surface area contributed by atoms with Gasteiger partial charge in [0.2, 0.25) is 0 Å². The Kier molecular flexibility index (Phi) is 8.11. The Morgan fingerprint density at radius 3 is 1.58 bits per heavy atom. The molecule has 0 amide bonds. The number of hydrogen-bond donors (Lipinski definition) is 2. The van der Waals surface area contributed by atoms with Crippen molar-refractivity contribution >= 4 is 25.9 Å². The standard InChI is InChI=1S/2C10H8O.C7H7N.Ti/c2*11-10-7-3-5-8-4-1-2-6-9(8)10;1-6-3-7(2)5-8-4-6;/h2*1-7,11H;1,3-5H,2H3;. The Bertz CT molecular complexity index is 1210. The van der Waals surface area contributed by atoms with E-state index in [-0.39, 0.29) is 0 Å². The predicted molar refractivity (Wildman–Crippen MR) is 125 cm³/mol. The third-order valence-electron chi connectivity index (χ3n) is 4.60. The fourth-order valence-electron chi connectivity index (χ4n) is 3.07. The van der Waals surface area contributed by atoms with Crippen molar-refractivity contribution in [2.45, 2.75) is 6.92 Å². The minimum absolute atomic E-state index is 0.350. The summed E-state index contributed by atoms with van der Waals surface area (Å²) in [6.45, 7) is 2.04. The molecule has 0 spiro atoms. The third kappa shape index (κ3) is 6.35. The minimum Gasteiger partial charge on any atom is -0.507 e. The zero-order valence-electron chi connectivity index (χ0n) is 17.2. The number of aromatic hydroxyl groups is 2. The number of benzene rings is 4. The molecule has 0 aliphatic carbocycles. The maximum absolute atomic E-state index is 9.37. The molecule has 152 valence electrons. The van der Waals surface area contributed by atoms with Gasteiger partial charge in [-0.05, 0) is 22.9 Å². The maximum atomic E-state index is 9.37. The number of hydrogen-bond acceptors (Lipinski definition) is 3. The molecule has 0 saturated heterocycles. The molecule has 31 heavy (non-hydrogen) atoms. The second-order valence-electron chi connectivity index (χ2n) is 6.94. The van der Waals surface area contributed by atoms with Crippen LogP contribution < -0.4 is 0 Å². The zero-order chi connectivity index (χ0) is 22.1. The van der Waals surface area contributed by atoms with Gasteiger partial charge in [-0.1, -0.05) is 72.8 Å². The fourth-order valence-corrected chi connectivity index (χ4v) is 3.32. The van der Waals surface area contributed by atoms with Gasteiger partial charge in [0.15, 0.2) is 0 Å². The predicted octanol–water partition coefficient (Wildman–Crippen LogP) is 6.18. The first-order valence-electron chi connectivity index (χ1n) is 9.84. The molecule has 5 aromatic rings. The Balaban J connectivity index is 0.000000133. The SMILES string of the molecule is Cc1cncc([CH]=[Ti])c1.Oc1cccc2ccccc12.Oc1cccc2ccccc12. The summed E-state index contributed by atoms with van der Waals surface area (Å²) in [5, 5.41) is 22.7. The maximum Gasteiger partial charge on any atom is 0.123 e. The molecule has 0 aliphatic rings. The van der Waals surface area contributed by atoms with E-state index in [0.29, 0.717) is 11.5 Å². The van der Waals surface area contributed by atoms with E-state index in [0.717, 1.165) is 21.5 Å². The van der Waals surface area contributed by atoms with Crippen molar-refractivity contribution in [2.75, 3.05) is 0 Å². The van der Waals surface area contributed by atoms with Crippen molar-refractivity contribution in [1.82, 2.24) is 4.98 Å². The van der Waals surface area contributed by atoms with E-state index in [4.69, 9.17) is 0 Å². The number of phenols is 2. The second-order valence-corrected chi connectivity index (χ2v) is 7.39. The molecule has 3 nitrogen and oxygen atoms in total. The average molecular weight is 441 g/mol. The Labute approximate surface area is 193 Å². The molecular weight excluding hydrogens is 418 g/mol. The summed E-state index contributed by atoms with van der Waals surface area (Å²) in [6.07, 6.45) is 3.71. The molecule has 0 unspecified atom stereocenters. The van der Waals surface area contributed by atoms with Gasteiger partial charge in [-0.2, -0.15) is 0 Å². The summed E-state index contributed by atoms with van der Waals surface area (Å²) in [5.74, 6) is 0.700. The van der Waals surface area contributed by atoms with Crippen LogP contribution in [-0.2, 0) is 20.0 Å². The van der Waals surface area contributed by atoms with Crippen molar-refractivity contribution in [3.05, 3.63) is 115 Å². The molecular formula is C27H23NO2Ti. The molecule has 5 rings (SSSR count). The summed E-state index contributed by atoms with van der Waals surface area (Å²) in [4.78, 5) is 4.02. The van der Waals surface area contributed by atoms with Crippen molar-refractivity contribution in [3.63, 3.8) is 0 Å². The smallest absolute Gasteiger partial charge is 0.123 e. The van der Waals surface area contributed by atoms with Crippen LogP contribution in [0.5, 0.6) is 11.5 Å². The zero-order valence-corrected chi connectivity index (χ0v) is 18.8. The van der Waals surface area contributed by atoms with E-state index < -0.39 is 0 Å². The van der Waals surface area contributed by atoms with Gasteiger partial charge in [-0.15, -0.1) is 0 Å². The number of fused-ring (bicyclic) bond motifs is 2. The minimum atomic E-state index is 0.350. The topological polar surface area (TPSA) is 53.4 Å². The molecule has 2 N–H and O–H groups in total. The van der Waals surface area contributed by atoms with Crippen LogP contribution in [0.15, 0.2) is 103 Å². The number of pyridine rings is 1.